The molecule has 9 aliphatic rings. The molecular weight excluding hydrogens is 1230 g/mol. The number of aryl methyl sites for hydroxylation is 2. The van der Waals surface area contributed by atoms with Gasteiger partial charge < -0.3 is 45.9 Å². The average Bonchev–Trinajstić information content (AvgIpc) is 0.933. The minimum atomic E-state index is -4.98. The van der Waals surface area contributed by atoms with Crippen LogP contribution in [0.15, 0.2) is 168 Å². The van der Waals surface area contributed by atoms with E-state index in [0.29, 0.717) is 87.0 Å². The number of fused-ring (bicyclic) bond motifs is 10. The van der Waals surface area contributed by atoms with Gasteiger partial charge in [-0.1, -0.05) is 166 Å². The Morgan fingerprint density at radius 1 is 0.833 bits per heavy atom. The Morgan fingerprint density at radius 3 is 2.34 bits per heavy atom. The summed E-state index contributed by atoms with van der Waals surface area (Å²) in [5.41, 5.74) is 22.1. The van der Waals surface area contributed by atoms with Crippen molar-refractivity contribution in [2.24, 2.45) is 63.8 Å². The summed E-state index contributed by atoms with van der Waals surface area (Å²) in [5.74, 6) is 4.78. The number of guanidine groups is 1. The van der Waals surface area contributed by atoms with Crippen molar-refractivity contribution in [3.05, 3.63) is 225 Å². The van der Waals surface area contributed by atoms with Crippen LogP contribution in [0.3, 0.4) is 0 Å². The summed E-state index contributed by atoms with van der Waals surface area (Å²) in [4.78, 5) is 5.38. The summed E-state index contributed by atoms with van der Waals surface area (Å²) >= 11 is 0. The maximum atomic E-state index is 14.5. The molecule has 5 aliphatic heterocycles. The van der Waals surface area contributed by atoms with Gasteiger partial charge in [-0.25, -0.2) is 13.4 Å². The Balaban J connectivity index is 0.00000833. The molecule has 5 heterocycles. The van der Waals surface area contributed by atoms with E-state index in [4.69, 9.17) is 25.9 Å². The number of phenols is 1. The van der Waals surface area contributed by atoms with Crippen LogP contribution in [-0.2, 0) is 46.3 Å². The third kappa shape index (κ3) is 13.5. The van der Waals surface area contributed by atoms with Crippen molar-refractivity contribution in [1.29, 1.82) is 0 Å². The summed E-state index contributed by atoms with van der Waals surface area (Å²) in [6.45, 7) is 6.59. The van der Waals surface area contributed by atoms with E-state index in [1.54, 1.807) is 12.1 Å². The largest absolute Gasteiger partial charge is 1.00 e. The Bertz CT molecular complexity index is 4200. The molecule has 0 aromatic heterocycles. The molecule has 0 amide bonds. The fourth-order valence-corrected chi connectivity index (χ4v) is 20.0. The van der Waals surface area contributed by atoms with Crippen molar-refractivity contribution in [1.82, 2.24) is 0 Å². The third-order valence-electron chi connectivity index (χ3n) is 23.7. The number of ether oxygens (including phenoxy) is 2. The Labute approximate surface area is 589 Å². The molecule has 96 heavy (non-hydrogen) atoms. The summed E-state index contributed by atoms with van der Waals surface area (Å²) in [6, 6.07) is 51.3. The molecule has 1 saturated heterocycles. The first-order valence-corrected chi connectivity index (χ1v) is 36.6. The zero-order valence-electron chi connectivity index (χ0n) is 56.0. The minimum Gasteiger partial charge on any atom is -0.748 e. The number of aliphatic imine (C=N–C) groups is 1. The molecule has 0 spiro atoms. The van der Waals surface area contributed by atoms with Gasteiger partial charge in [0.1, 0.15) is 17.6 Å². The Kier molecular flexibility index (Phi) is 20.0. The van der Waals surface area contributed by atoms with Crippen LogP contribution in [0, 0.1) is 59.2 Å². The number of rotatable bonds is 13. The van der Waals surface area contributed by atoms with Crippen molar-refractivity contribution in [2.45, 2.75) is 176 Å². The van der Waals surface area contributed by atoms with Crippen LogP contribution < -0.4 is 45.8 Å². The number of aliphatic hydroxyl groups excluding tert-OH is 2. The number of aromatic hydroxyl groups is 1. The van der Waals surface area contributed by atoms with E-state index in [1.807, 2.05) is 30.3 Å². The van der Waals surface area contributed by atoms with E-state index in [2.05, 4.69) is 148 Å². The van der Waals surface area contributed by atoms with Crippen LogP contribution in [0.5, 0.6) is 11.5 Å². The number of benzene rings is 7. The van der Waals surface area contributed by atoms with Gasteiger partial charge in [0.2, 0.25) is 5.72 Å². The summed E-state index contributed by atoms with van der Waals surface area (Å²) in [7, 11) is -4.98. The first kappa shape index (κ1) is 68.3. The number of hydrogen-bond donors (Lipinski definition) is 6. The molecular formula is C82H92N3NaO9S. The molecule has 496 valence electrons. The molecule has 10 bridgehead atoms. The van der Waals surface area contributed by atoms with E-state index in [9.17, 15) is 33.4 Å². The van der Waals surface area contributed by atoms with Gasteiger partial charge in [-0.15, -0.1) is 0 Å². The molecule has 16 atom stereocenters. The summed E-state index contributed by atoms with van der Waals surface area (Å²) in [6.07, 6.45) is 10.6. The van der Waals surface area contributed by atoms with Gasteiger partial charge in [0.25, 0.3) is 0 Å². The molecule has 7 aromatic carbocycles. The first-order chi connectivity index (χ1) is 45.8. The molecule has 0 radical (unpaired) electrons. The van der Waals surface area contributed by atoms with Crippen LogP contribution >= 0.6 is 0 Å². The van der Waals surface area contributed by atoms with E-state index in [0.717, 1.165) is 76.6 Å². The number of phenolic OH excluding ortho intramolecular Hbond substituents is 1. The van der Waals surface area contributed by atoms with Gasteiger partial charge in [-0.3, -0.25) is 0 Å². The number of nitrogens with zero attached hydrogens (tertiary/aromatic N) is 1. The maximum absolute atomic E-state index is 14.5. The van der Waals surface area contributed by atoms with Gasteiger partial charge in [-0.05, 0) is 228 Å². The zero-order chi connectivity index (χ0) is 65.9. The van der Waals surface area contributed by atoms with Crippen LogP contribution in [-0.4, -0.2) is 62.9 Å². The molecule has 3 fully saturated rings. The van der Waals surface area contributed by atoms with Crippen molar-refractivity contribution in [3.8, 4) is 23.3 Å². The fraction of sp³-hybridized carbons (Fsp3) is 0.451. The second-order valence-corrected chi connectivity index (χ2v) is 31.4. The van der Waals surface area contributed by atoms with Crippen LogP contribution in [0.25, 0.3) is 10.8 Å². The molecule has 4 aliphatic carbocycles. The molecule has 14 heteroatoms. The Morgan fingerprint density at radius 2 is 1.58 bits per heavy atom. The van der Waals surface area contributed by atoms with E-state index in [-0.39, 0.29) is 95.9 Å². The summed E-state index contributed by atoms with van der Waals surface area (Å²) < 4.78 is 58.5. The van der Waals surface area contributed by atoms with Gasteiger partial charge in [0, 0.05) is 48.0 Å². The van der Waals surface area contributed by atoms with E-state index in [1.165, 1.54) is 21.9 Å². The second kappa shape index (κ2) is 28.2. The second-order valence-electron chi connectivity index (χ2n) is 29.8. The molecule has 12 nitrogen and oxygen atoms in total. The number of nitrogens with two attached hydrogens (primary N) is 2. The van der Waals surface area contributed by atoms with Crippen LogP contribution in [0.4, 0.5) is 0 Å². The smallest absolute Gasteiger partial charge is 0.748 e. The number of allylic oxidation sites excluding steroid dienone is 1. The normalized spacial score (nSPS) is 30.2. The zero-order valence-corrected chi connectivity index (χ0v) is 58.8. The molecule has 16 rings (SSSR count). The first-order valence-electron chi connectivity index (χ1n) is 35.1. The van der Waals surface area contributed by atoms with Gasteiger partial charge in [-0.2, -0.15) is 0 Å². The van der Waals surface area contributed by atoms with E-state index < -0.39 is 62.6 Å². The predicted octanol–water partition coefficient (Wildman–Crippen LogP) is 11.4. The number of hydrogen-bond acceptors (Lipinski definition) is 10. The average molecular weight is 1320 g/mol. The van der Waals surface area contributed by atoms with Crippen molar-refractivity contribution < 1.29 is 72.4 Å². The maximum Gasteiger partial charge on any atom is 1.00 e. The predicted molar refractivity (Wildman–Crippen MR) is 372 cm³/mol. The SMILES string of the molecule is CC(C)CCc1ccc2ccccc2c1C[C@H](O)c1ccc([C@@H]2CC[C@@H]3CC[C@@H]([C@@]4(N=C(N)N)Oc5ccc6c(c5)CC[C@@H](C)[C@@H]6C[C@@H](S(=O)(=O)[O-])[C@H]5C=C6C[C@H](C[C@H]7C[C@@H](CO)CC#Cc8cc(O)ccc8[C@@H]6O7)[C@@H]5c5ccc4cc5)[C@@H](Cc4ccccc4)[C@]3(O)C2)cc1.[Na+]. The molecule has 0 unspecified atom stereocenters. The minimum absolute atomic E-state index is 0. The van der Waals surface area contributed by atoms with Gasteiger partial charge >= 0.3 is 29.6 Å². The standard InChI is InChI=1S/C82H93N3O9S.Na/c1-49(2)16-18-55-23-22-54-13-7-8-15-68(54)72(55)45-76(88)56-24-20-53(21-25-56)60-28-29-63-32-37-74(75(81(63,89)47-60)39-51-10-5-4-6-11-51)82(85-80(83)84)64-30-26-57(27-31-64)78-61-40-62(79-70-35-33-65(87)41-58(70)14-9-12-52(48-86)38-67(43-61)93-79)44-73(78)77(95(90,91)92)46-71-50(3)17-19-59-42-66(94-82)34-36-69(59)71;/h4-8,10-11,13,15,20-27,30-31,33-36,41-42,44,49-50,52,60-61,63,67,71,73-79,86-89H,12,16-19,28-29,32,37-40,43,45-48H2,1-3H3,(H4,83,84,85)(H,90,91,92);/q;+1/p-1/t50-,52+,60-,61-,63-,67-,71+,73-,74-,75-,76+,77-,78+,79-,81+,82+;/m1./s1. The quantitative estimate of drug-likeness (QED) is 0.0159. The third-order valence-corrected chi connectivity index (χ3v) is 24.9. The van der Waals surface area contributed by atoms with Crippen molar-refractivity contribution in [2.75, 3.05) is 6.61 Å². The van der Waals surface area contributed by atoms with Gasteiger partial charge in [0.05, 0.1) is 33.2 Å². The monoisotopic (exact) mass is 1320 g/mol. The van der Waals surface area contributed by atoms with Crippen molar-refractivity contribution >= 4 is 26.9 Å². The van der Waals surface area contributed by atoms with E-state index >= 15 is 0 Å². The molecule has 7 aromatic rings. The van der Waals surface area contributed by atoms with Crippen molar-refractivity contribution in [3.63, 3.8) is 0 Å². The Hall–Kier alpha value is -6.28. The molecule has 2 saturated carbocycles. The fourth-order valence-electron chi connectivity index (χ4n) is 18.9. The molecule has 8 N–H and O–H groups in total. The summed E-state index contributed by atoms with van der Waals surface area (Å²) in [5, 5.41) is 49.0. The van der Waals surface area contributed by atoms with Crippen LogP contribution in [0.2, 0.25) is 0 Å². The topological polar surface area (TPSA) is 221 Å². The van der Waals surface area contributed by atoms with Crippen LogP contribution in [0.1, 0.15) is 189 Å². The number of aliphatic hydroxyl groups is 3. The van der Waals surface area contributed by atoms with Gasteiger partial charge in [0.15, 0.2) is 5.96 Å².